The second-order valence-corrected chi connectivity index (χ2v) is 4.37. The Labute approximate surface area is 96.9 Å². The molecule has 1 heterocycles. The summed E-state index contributed by atoms with van der Waals surface area (Å²) >= 11 is 0. The van der Waals surface area contributed by atoms with E-state index in [1.807, 2.05) is 0 Å². The lowest BCUT2D eigenvalue weighted by atomic mass is 9.99. The summed E-state index contributed by atoms with van der Waals surface area (Å²) in [5.41, 5.74) is -0.342. The van der Waals surface area contributed by atoms with E-state index in [2.05, 4.69) is 0 Å². The molecule has 4 heteroatoms. The predicted molar refractivity (Wildman–Crippen MR) is 61.2 cm³/mol. The van der Waals surface area contributed by atoms with Crippen molar-refractivity contribution in [3.05, 3.63) is 45.3 Å². The molecule has 0 spiro atoms. The molecule has 0 atom stereocenters. The van der Waals surface area contributed by atoms with Gasteiger partial charge in [0.1, 0.15) is 5.82 Å². The fourth-order valence-electron chi connectivity index (χ4n) is 1.92. The highest BCUT2D eigenvalue weighted by molar-refractivity contribution is 5.81. The number of hydrogen-bond donors (Lipinski definition) is 0. The van der Waals surface area contributed by atoms with E-state index in [0.29, 0.717) is 10.9 Å². The van der Waals surface area contributed by atoms with Gasteiger partial charge in [-0.25, -0.2) is 13.6 Å². The van der Waals surface area contributed by atoms with Crippen LogP contribution < -0.4 is 5.63 Å². The number of rotatable bonds is 1. The van der Waals surface area contributed by atoms with Crippen molar-refractivity contribution >= 4 is 11.0 Å². The maximum atomic E-state index is 14.1. The van der Waals surface area contributed by atoms with Gasteiger partial charge in [0.15, 0.2) is 11.4 Å². The molecule has 0 aliphatic carbocycles. The molecule has 0 amide bonds. The Hall–Kier alpha value is -1.71. The summed E-state index contributed by atoms with van der Waals surface area (Å²) in [6.45, 7) is 4.98. The first-order chi connectivity index (χ1) is 7.91. The van der Waals surface area contributed by atoms with E-state index in [9.17, 15) is 13.6 Å². The summed E-state index contributed by atoms with van der Waals surface area (Å²) < 4.78 is 32.6. The quantitative estimate of drug-likeness (QED) is 0.712. The molecule has 90 valence electrons. The average molecular weight is 238 g/mol. The van der Waals surface area contributed by atoms with Gasteiger partial charge in [0.25, 0.3) is 0 Å². The fourth-order valence-corrected chi connectivity index (χ4v) is 1.92. The van der Waals surface area contributed by atoms with Gasteiger partial charge in [0.05, 0.1) is 0 Å². The fraction of sp³-hybridized carbons (Fsp3) is 0.308. The van der Waals surface area contributed by atoms with Crippen LogP contribution in [0.5, 0.6) is 0 Å². The number of halogens is 2. The highest BCUT2D eigenvalue weighted by Crippen LogP contribution is 2.29. The van der Waals surface area contributed by atoms with Gasteiger partial charge < -0.3 is 4.42 Å². The van der Waals surface area contributed by atoms with E-state index in [4.69, 9.17) is 4.42 Å². The third kappa shape index (κ3) is 1.84. The molecule has 2 rings (SSSR count). The molecule has 2 nitrogen and oxygen atoms in total. The molecular weight excluding hydrogens is 226 g/mol. The highest BCUT2D eigenvalue weighted by Gasteiger charge is 2.19. The van der Waals surface area contributed by atoms with E-state index in [0.717, 1.165) is 0 Å². The average Bonchev–Trinajstić information content (AvgIpc) is 2.19. The number of aryl methyl sites for hydroxylation is 1. The Kier molecular flexibility index (Phi) is 2.73. The van der Waals surface area contributed by atoms with E-state index in [1.165, 1.54) is 12.1 Å². The first-order valence-corrected chi connectivity index (χ1v) is 5.34. The van der Waals surface area contributed by atoms with Crippen LogP contribution in [0, 0.1) is 18.6 Å². The Balaban J connectivity index is 2.97. The highest BCUT2D eigenvalue weighted by atomic mass is 19.1. The maximum absolute atomic E-state index is 14.1. The normalized spacial score (nSPS) is 11.4. The molecule has 0 saturated carbocycles. The Morgan fingerprint density at radius 1 is 1.24 bits per heavy atom. The summed E-state index contributed by atoms with van der Waals surface area (Å²) in [4.78, 5) is 11.2. The molecule has 0 N–H and O–H groups in total. The minimum Gasteiger partial charge on any atom is -0.420 e. The van der Waals surface area contributed by atoms with Gasteiger partial charge in [-0.05, 0) is 24.5 Å². The van der Waals surface area contributed by atoms with Crippen LogP contribution in [0.2, 0.25) is 0 Å². The molecule has 0 aliphatic rings. The zero-order valence-electron chi connectivity index (χ0n) is 9.80. The van der Waals surface area contributed by atoms with Gasteiger partial charge in [-0.1, -0.05) is 13.8 Å². The third-order valence-electron chi connectivity index (χ3n) is 2.75. The van der Waals surface area contributed by atoms with Gasteiger partial charge in [-0.15, -0.1) is 0 Å². The van der Waals surface area contributed by atoms with Crippen LogP contribution in [0.1, 0.15) is 30.9 Å². The van der Waals surface area contributed by atoms with Crippen LogP contribution in [0.3, 0.4) is 0 Å². The van der Waals surface area contributed by atoms with Crippen LogP contribution in [0.4, 0.5) is 8.78 Å². The van der Waals surface area contributed by atoms with E-state index in [-0.39, 0.29) is 17.1 Å². The zero-order valence-corrected chi connectivity index (χ0v) is 9.80. The van der Waals surface area contributed by atoms with E-state index < -0.39 is 17.3 Å². The van der Waals surface area contributed by atoms with Crippen molar-refractivity contribution in [1.29, 1.82) is 0 Å². The van der Waals surface area contributed by atoms with Crippen molar-refractivity contribution in [3.8, 4) is 0 Å². The molecule has 0 radical (unpaired) electrons. The zero-order chi connectivity index (χ0) is 12.7. The number of fused-ring (bicyclic) bond motifs is 1. The van der Waals surface area contributed by atoms with Crippen LogP contribution in [0.15, 0.2) is 21.3 Å². The van der Waals surface area contributed by atoms with Gasteiger partial charge >= 0.3 is 5.63 Å². The summed E-state index contributed by atoms with van der Waals surface area (Å²) in [7, 11) is 0. The second-order valence-electron chi connectivity index (χ2n) is 4.37. The monoisotopic (exact) mass is 238 g/mol. The largest absolute Gasteiger partial charge is 0.420 e. The Morgan fingerprint density at radius 2 is 1.88 bits per heavy atom. The Bertz CT molecular complexity index is 642. The molecular formula is C13H12F2O2. The topological polar surface area (TPSA) is 30.2 Å². The van der Waals surface area contributed by atoms with Gasteiger partial charge in [-0.3, -0.25) is 0 Å². The summed E-state index contributed by atoms with van der Waals surface area (Å²) in [6.07, 6.45) is 0. The molecule has 0 aliphatic heterocycles. The molecule has 17 heavy (non-hydrogen) atoms. The second kappa shape index (κ2) is 3.95. The summed E-state index contributed by atoms with van der Waals surface area (Å²) in [5.74, 6) is -1.71. The van der Waals surface area contributed by atoms with Gasteiger partial charge in [0, 0.05) is 17.0 Å². The van der Waals surface area contributed by atoms with Crippen molar-refractivity contribution in [2.75, 3.05) is 0 Å². The smallest absolute Gasteiger partial charge is 0.336 e. The van der Waals surface area contributed by atoms with Gasteiger partial charge in [0.2, 0.25) is 0 Å². The van der Waals surface area contributed by atoms with Crippen molar-refractivity contribution in [3.63, 3.8) is 0 Å². The van der Waals surface area contributed by atoms with E-state index in [1.54, 1.807) is 20.8 Å². The third-order valence-corrected chi connectivity index (χ3v) is 2.75. The van der Waals surface area contributed by atoms with Crippen LogP contribution in [-0.4, -0.2) is 0 Å². The Morgan fingerprint density at radius 3 is 2.47 bits per heavy atom. The first kappa shape index (κ1) is 11.8. The first-order valence-electron chi connectivity index (χ1n) is 5.34. The van der Waals surface area contributed by atoms with Crippen molar-refractivity contribution in [1.82, 2.24) is 0 Å². The summed E-state index contributed by atoms with van der Waals surface area (Å²) in [5, 5.41) is 0.295. The molecule has 0 fully saturated rings. The van der Waals surface area contributed by atoms with Crippen molar-refractivity contribution in [2.45, 2.75) is 26.7 Å². The van der Waals surface area contributed by atoms with E-state index >= 15 is 0 Å². The molecule has 0 bridgehead atoms. The standard InChI is InChI=1S/C13H12F2O2/c1-6(2)11-9(14)5-8-7(3)4-10(16)17-13(8)12(11)15/h4-6H,1-3H3. The molecule has 2 aromatic rings. The lowest BCUT2D eigenvalue weighted by molar-refractivity contribution is 0.499. The minimum atomic E-state index is -0.782. The molecule has 0 saturated heterocycles. The summed E-state index contributed by atoms with van der Waals surface area (Å²) in [6, 6.07) is 2.43. The lowest BCUT2D eigenvalue weighted by Crippen LogP contribution is -2.04. The van der Waals surface area contributed by atoms with Crippen LogP contribution >= 0.6 is 0 Å². The lowest BCUT2D eigenvalue weighted by Gasteiger charge is -2.11. The number of benzene rings is 1. The molecule has 0 unspecified atom stereocenters. The SMILES string of the molecule is Cc1cc(=O)oc2c(F)c(C(C)C)c(F)cc12. The van der Waals surface area contributed by atoms with Crippen molar-refractivity contribution in [2.24, 2.45) is 0 Å². The van der Waals surface area contributed by atoms with Gasteiger partial charge in [-0.2, -0.15) is 0 Å². The predicted octanol–water partition coefficient (Wildman–Crippen LogP) is 3.50. The molecule has 1 aromatic carbocycles. The minimum absolute atomic E-state index is 0.0498. The van der Waals surface area contributed by atoms with Crippen LogP contribution in [0.25, 0.3) is 11.0 Å². The van der Waals surface area contributed by atoms with Crippen molar-refractivity contribution < 1.29 is 13.2 Å². The number of hydrogen-bond acceptors (Lipinski definition) is 2. The maximum Gasteiger partial charge on any atom is 0.336 e. The molecule has 1 aromatic heterocycles. The van der Waals surface area contributed by atoms with Crippen LogP contribution in [-0.2, 0) is 0 Å².